The Labute approximate surface area is 174 Å². The SMILES string of the molecule is COc1ccc(C2CC(=O)c3cn4ncc(-c5ccccc5)c4nc3C2)cc1OC. The molecule has 1 atom stereocenters. The van der Waals surface area contributed by atoms with Gasteiger partial charge in [-0.2, -0.15) is 5.10 Å². The minimum Gasteiger partial charge on any atom is -0.493 e. The molecule has 0 saturated carbocycles. The van der Waals surface area contributed by atoms with Crippen molar-refractivity contribution in [2.45, 2.75) is 18.8 Å². The van der Waals surface area contributed by atoms with Crippen molar-refractivity contribution in [3.8, 4) is 22.6 Å². The molecule has 5 rings (SSSR count). The number of carbonyl (C=O) groups is 1. The summed E-state index contributed by atoms with van der Waals surface area (Å²) in [6.07, 6.45) is 4.74. The van der Waals surface area contributed by atoms with Crippen molar-refractivity contribution in [1.29, 1.82) is 0 Å². The molecule has 0 radical (unpaired) electrons. The Morgan fingerprint density at radius 1 is 0.967 bits per heavy atom. The number of fused-ring (bicyclic) bond motifs is 2. The van der Waals surface area contributed by atoms with Crippen LogP contribution in [0.25, 0.3) is 16.8 Å². The first-order valence-electron chi connectivity index (χ1n) is 9.85. The van der Waals surface area contributed by atoms with Crippen LogP contribution in [-0.2, 0) is 6.42 Å². The lowest BCUT2D eigenvalue weighted by molar-refractivity contribution is 0.0962. The number of hydrogen-bond donors (Lipinski definition) is 0. The zero-order chi connectivity index (χ0) is 20.7. The van der Waals surface area contributed by atoms with E-state index >= 15 is 0 Å². The lowest BCUT2D eigenvalue weighted by Gasteiger charge is -2.24. The Kier molecular flexibility index (Phi) is 4.47. The second-order valence-corrected chi connectivity index (χ2v) is 7.44. The van der Waals surface area contributed by atoms with Gasteiger partial charge in [-0.05, 0) is 35.6 Å². The van der Waals surface area contributed by atoms with Gasteiger partial charge in [0.2, 0.25) is 0 Å². The number of rotatable bonds is 4. The van der Waals surface area contributed by atoms with Crippen molar-refractivity contribution in [3.63, 3.8) is 0 Å². The lowest BCUT2D eigenvalue weighted by atomic mass is 9.82. The second kappa shape index (κ2) is 7.30. The number of aromatic nitrogens is 3. The van der Waals surface area contributed by atoms with Crippen LogP contribution in [-0.4, -0.2) is 34.6 Å². The predicted octanol–water partition coefficient (Wildman–Crippen LogP) is 4.33. The molecular formula is C24H21N3O3. The monoisotopic (exact) mass is 399 g/mol. The molecule has 1 unspecified atom stereocenters. The van der Waals surface area contributed by atoms with Gasteiger partial charge in [0.1, 0.15) is 0 Å². The quantitative estimate of drug-likeness (QED) is 0.511. The van der Waals surface area contributed by atoms with Gasteiger partial charge < -0.3 is 9.47 Å². The van der Waals surface area contributed by atoms with Crippen molar-refractivity contribution in [1.82, 2.24) is 14.6 Å². The average molecular weight is 399 g/mol. The van der Waals surface area contributed by atoms with E-state index in [0.29, 0.717) is 29.9 Å². The lowest BCUT2D eigenvalue weighted by Crippen LogP contribution is -2.21. The number of methoxy groups -OCH3 is 2. The highest BCUT2D eigenvalue weighted by Gasteiger charge is 2.29. The van der Waals surface area contributed by atoms with Crippen LogP contribution in [0.1, 0.15) is 34.0 Å². The standard InChI is InChI=1S/C24H21N3O3/c1-29-22-9-8-16(12-23(22)30-2)17-10-20-19(21(28)11-17)14-27-24(26-20)18(13-25-27)15-6-4-3-5-7-15/h3-9,12-14,17H,10-11H2,1-2H3. The maximum Gasteiger partial charge on any atom is 0.166 e. The van der Waals surface area contributed by atoms with Gasteiger partial charge in [0.15, 0.2) is 22.9 Å². The van der Waals surface area contributed by atoms with Crippen molar-refractivity contribution in [2.75, 3.05) is 14.2 Å². The van der Waals surface area contributed by atoms with Crippen molar-refractivity contribution >= 4 is 11.4 Å². The number of benzene rings is 2. The van der Waals surface area contributed by atoms with Gasteiger partial charge >= 0.3 is 0 Å². The Morgan fingerprint density at radius 3 is 2.53 bits per heavy atom. The van der Waals surface area contributed by atoms with E-state index in [0.717, 1.165) is 28.0 Å². The number of carbonyl (C=O) groups excluding carboxylic acids is 1. The van der Waals surface area contributed by atoms with E-state index in [2.05, 4.69) is 5.10 Å². The highest BCUT2D eigenvalue weighted by molar-refractivity contribution is 5.99. The molecular weight excluding hydrogens is 378 g/mol. The highest BCUT2D eigenvalue weighted by Crippen LogP contribution is 2.37. The molecule has 0 saturated heterocycles. The minimum absolute atomic E-state index is 0.0443. The van der Waals surface area contributed by atoms with Crippen molar-refractivity contribution in [2.24, 2.45) is 0 Å². The third-order valence-electron chi connectivity index (χ3n) is 5.71. The molecule has 6 nitrogen and oxygen atoms in total. The van der Waals surface area contributed by atoms with E-state index in [9.17, 15) is 4.79 Å². The molecule has 2 heterocycles. The van der Waals surface area contributed by atoms with Crippen LogP contribution < -0.4 is 9.47 Å². The highest BCUT2D eigenvalue weighted by atomic mass is 16.5. The van der Waals surface area contributed by atoms with Crippen LogP contribution in [0.15, 0.2) is 60.9 Å². The molecule has 0 fully saturated rings. The van der Waals surface area contributed by atoms with Gasteiger partial charge in [0, 0.05) is 18.2 Å². The van der Waals surface area contributed by atoms with Crippen molar-refractivity contribution < 1.29 is 14.3 Å². The Balaban J connectivity index is 1.56. The van der Waals surface area contributed by atoms with Gasteiger partial charge in [0.25, 0.3) is 0 Å². The third kappa shape index (κ3) is 3.01. The van der Waals surface area contributed by atoms with Crippen LogP contribution in [0, 0.1) is 0 Å². The summed E-state index contributed by atoms with van der Waals surface area (Å²) < 4.78 is 12.5. The number of hydrogen-bond acceptors (Lipinski definition) is 5. The molecule has 30 heavy (non-hydrogen) atoms. The molecule has 1 aliphatic carbocycles. The molecule has 0 aliphatic heterocycles. The van der Waals surface area contributed by atoms with Gasteiger partial charge in [0.05, 0.1) is 31.7 Å². The normalized spacial score (nSPS) is 15.8. The Bertz CT molecular complexity index is 1250. The fraction of sp³-hybridized carbons (Fsp3) is 0.208. The summed E-state index contributed by atoms with van der Waals surface area (Å²) in [7, 11) is 3.23. The van der Waals surface area contributed by atoms with E-state index in [-0.39, 0.29) is 11.7 Å². The van der Waals surface area contributed by atoms with Crippen LogP contribution in [0.3, 0.4) is 0 Å². The van der Waals surface area contributed by atoms with Gasteiger partial charge in [-0.15, -0.1) is 0 Å². The number of ether oxygens (including phenoxy) is 2. The Hall–Kier alpha value is -3.67. The van der Waals surface area contributed by atoms with E-state index in [4.69, 9.17) is 14.5 Å². The van der Waals surface area contributed by atoms with Gasteiger partial charge in [-0.25, -0.2) is 9.50 Å². The minimum atomic E-state index is 0.0443. The zero-order valence-corrected chi connectivity index (χ0v) is 16.8. The van der Waals surface area contributed by atoms with Crippen LogP contribution in [0.2, 0.25) is 0 Å². The summed E-state index contributed by atoms with van der Waals surface area (Å²) in [6.45, 7) is 0. The fourth-order valence-corrected chi connectivity index (χ4v) is 4.14. The van der Waals surface area contributed by atoms with E-state index < -0.39 is 0 Å². The van der Waals surface area contributed by atoms with Gasteiger partial charge in [-0.3, -0.25) is 4.79 Å². The molecule has 1 aliphatic rings. The summed E-state index contributed by atoms with van der Waals surface area (Å²) in [6, 6.07) is 15.9. The number of ketones is 1. The molecule has 2 aromatic heterocycles. The summed E-state index contributed by atoms with van der Waals surface area (Å²) in [5.41, 5.74) is 5.29. The zero-order valence-electron chi connectivity index (χ0n) is 16.8. The maximum atomic E-state index is 12.9. The first kappa shape index (κ1) is 18.4. The van der Waals surface area contributed by atoms with Crippen molar-refractivity contribution in [3.05, 3.63) is 77.7 Å². The van der Waals surface area contributed by atoms with E-state index in [1.165, 1.54) is 0 Å². The summed E-state index contributed by atoms with van der Waals surface area (Å²) in [4.78, 5) is 17.8. The molecule has 4 aromatic rings. The smallest absolute Gasteiger partial charge is 0.166 e. The summed E-state index contributed by atoms with van der Waals surface area (Å²) >= 11 is 0. The molecule has 0 bridgehead atoms. The van der Waals surface area contributed by atoms with E-state index in [1.807, 2.05) is 54.7 Å². The fourth-order valence-electron chi connectivity index (χ4n) is 4.14. The van der Waals surface area contributed by atoms with E-state index in [1.54, 1.807) is 24.9 Å². The van der Waals surface area contributed by atoms with Gasteiger partial charge in [-0.1, -0.05) is 36.4 Å². The number of nitrogens with zero attached hydrogens (tertiary/aromatic N) is 3. The van der Waals surface area contributed by atoms with Crippen LogP contribution in [0.5, 0.6) is 11.5 Å². The topological polar surface area (TPSA) is 65.7 Å². The largest absolute Gasteiger partial charge is 0.493 e. The maximum absolute atomic E-state index is 12.9. The Morgan fingerprint density at radius 2 is 1.77 bits per heavy atom. The predicted molar refractivity (Wildman–Crippen MR) is 113 cm³/mol. The third-order valence-corrected chi connectivity index (χ3v) is 5.71. The molecule has 0 N–H and O–H groups in total. The van der Waals surface area contributed by atoms with Crippen LogP contribution in [0.4, 0.5) is 0 Å². The first-order chi connectivity index (χ1) is 14.7. The average Bonchev–Trinajstić information content (AvgIpc) is 3.20. The van der Waals surface area contributed by atoms with Crippen LogP contribution >= 0.6 is 0 Å². The first-order valence-corrected chi connectivity index (χ1v) is 9.85. The number of Topliss-reactive ketones (excluding diaryl/α,β-unsaturated/α-hetero) is 1. The summed E-state index contributed by atoms with van der Waals surface area (Å²) in [5.74, 6) is 1.47. The molecule has 2 aromatic carbocycles. The molecule has 6 heteroatoms. The molecule has 150 valence electrons. The second-order valence-electron chi connectivity index (χ2n) is 7.44. The molecule has 0 amide bonds. The summed E-state index contributed by atoms with van der Waals surface area (Å²) in [5, 5.41) is 4.43. The molecule has 0 spiro atoms.